The van der Waals surface area contributed by atoms with Gasteiger partial charge in [-0.2, -0.15) is 0 Å². The predicted molar refractivity (Wildman–Crippen MR) is 297 cm³/mol. The molecule has 0 saturated heterocycles. The number of aromatic nitrogens is 1. The lowest BCUT2D eigenvalue weighted by atomic mass is 9.92. The molecule has 0 bridgehead atoms. The molecule has 0 N–H and O–H groups in total. The first-order chi connectivity index (χ1) is 34.2. The fourth-order valence-corrected chi connectivity index (χ4v) is 12.2. The van der Waals surface area contributed by atoms with Crippen molar-refractivity contribution in [1.29, 1.82) is 0 Å². The van der Waals surface area contributed by atoms with Gasteiger partial charge in [-0.3, -0.25) is 0 Å². The number of fused-ring (bicyclic) bond motifs is 12. The molecule has 0 fully saturated rings. The summed E-state index contributed by atoms with van der Waals surface area (Å²) in [5.74, 6) is 0. The third-order valence-corrected chi connectivity index (χ3v) is 15.4. The lowest BCUT2D eigenvalue weighted by Crippen LogP contribution is -2.09. The summed E-state index contributed by atoms with van der Waals surface area (Å²) in [5, 5.41) is 12.9. The zero-order chi connectivity index (χ0) is 45.4. The Hall–Kier alpha value is -8.76. The van der Waals surface area contributed by atoms with E-state index < -0.39 is 0 Å². The Kier molecular flexibility index (Phi) is 9.11. The van der Waals surface area contributed by atoms with E-state index in [4.69, 9.17) is 0 Å². The molecule has 322 valence electrons. The van der Waals surface area contributed by atoms with Crippen molar-refractivity contribution in [2.75, 3.05) is 4.90 Å². The van der Waals surface area contributed by atoms with Crippen molar-refractivity contribution in [3.63, 3.8) is 0 Å². The first-order valence-corrected chi connectivity index (χ1v) is 24.5. The van der Waals surface area contributed by atoms with Gasteiger partial charge in [0.2, 0.25) is 0 Å². The van der Waals surface area contributed by atoms with Crippen LogP contribution in [-0.2, 0) is 0 Å². The van der Waals surface area contributed by atoms with Crippen molar-refractivity contribution in [3.8, 4) is 39.1 Å². The minimum absolute atomic E-state index is 1.11. The molecule has 14 aromatic rings. The lowest BCUT2D eigenvalue weighted by Gasteiger charge is -2.26. The summed E-state index contributed by atoms with van der Waals surface area (Å²) in [6.45, 7) is 0. The van der Waals surface area contributed by atoms with Crippen LogP contribution in [0.1, 0.15) is 0 Å². The molecular weight excluding hydrogens is 853 g/mol. The summed E-state index contributed by atoms with van der Waals surface area (Å²) >= 11 is 1.88. The zero-order valence-corrected chi connectivity index (χ0v) is 38.4. The largest absolute Gasteiger partial charge is 0.311 e. The number of hydrogen-bond acceptors (Lipinski definition) is 2. The van der Waals surface area contributed by atoms with E-state index in [1.54, 1.807) is 0 Å². The Morgan fingerprint density at radius 3 is 1.42 bits per heavy atom. The van der Waals surface area contributed by atoms with Crippen molar-refractivity contribution in [3.05, 3.63) is 255 Å². The van der Waals surface area contributed by atoms with Gasteiger partial charge in [-0.05, 0) is 145 Å². The van der Waals surface area contributed by atoms with E-state index in [0.717, 1.165) is 22.7 Å². The van der Waals surface area contributed by atoms with Gasteiger partial charge in [0, 0.05) is 53.7 Å². The molecule has 0 spiro atoms. The van der Waals surface area contributed by atoms with Gasteiger partial charge in [0.15, 0.2) is 0 Å². The fourth-order valence-electron chi connectivity index (χ4n) is 10.9. The minimum Gasteiger partial charge on any atom is -0.311 e. The van der Waals surface area contributed by atoms with Crippen molar-refractivity contribution in [2.45, 2.75) is 0 Å². The number of rotatable bonds is 7. The number of thiophene rings is 1. The highest BCUT2D eigenvalue weighted by molar-refractivity contribution is 7.26. The van der Waals surface area contributed by atoms with Crippen LogP contribution in [0.15, 0.2) is 255 Å². The van der Waals surface area contributed by atoms with Crippen molar-refractivity contribution in [1.82, 2.24) is 4.57 Å². The molecule has 0 amide bonds. The molecule has 2 heterocycles. The smallest absolute Gasteiger partial charge is 0.0541 e. The topological polar surface area (TPSA) is 8.17 Å². The van der Waals surface area contributed by atoms with Crippen molar-refractivity contribution in [2.24, 2.45) is 0 Å². The standard InChI is InChI=1S/C66H42N2S/c1-2-13-48(14-3-1)67(50-37-29-45(30-38-50)52-21-12-22-60-59-20-9-11-24-65(59)69-66(52)60)49-33-25-44(26-34-49)47-32-40-64-62(42-47)58-19-8-10-23-63(58)68(64)51-35-27-43(28-36-51)46-31-39-57-55-17-5-4-15-53(55)54-16-6-7-18-56(54)61(57)41-46/h1-42H. The second-order valence-electron chi connectivity index (χ2n) is 18.0. The van der Waals surface area contributed by atoms with E-state index in [9.17, 15) is 0 Å². The first-order valence-electron chi connectivity index (χ1n) is 23.7. The summed E-state index contributed by atoms with van der Waals surface area (Å²) in [4.78, 5) is 2.35. The molecule has 69 heavy (non-hydrogen) atoms. The van der Waals surface area contributed by atoms with E-state index >= 15 is 0 Å². The SMILES string of the molecule is c1ccc(N(c2ccc(-c3ccc4c(c3)c3ccccc3n4-c3ccc(-c4ccc5c6ccccc6c6ccccc6c5c4)cc3)cc2)c2ccc(-c3cccc4c3sc3ccccc34)cc2)cc1. The van der Waals surface area contributed by atoms with Gasteiger partial charge in [0.25, 0.3) is 0 Å². The maximum absolute atomic E-state index is 2.41. The molecule has 2 aromatic heterocycles. The van der Waals surface area contributed by atoms with Crippen LogP contribution in [0.4, 0.5) is 17.1 Å². The average Bonchev–Trinajstić information content (AvgIpc) is 3.97. The third kappa shape index (κ3) is 6.47. The van der Waals surface area contributed by atoms with Crippen LogP contribution in [0.5, 0.6) is 0 Å². The highest BCUT2D eigenvalue weighted by Gasteiger charge is 2.17. The normalized spacial score (nSPS) is 11.8. The molecule has 0 saturated carbocycles. The van der Waals surface area contributed by atoms with Gasteiger partial charge < -0.3 is 9.47 Å². The second-order valence-corrected chi connectivity index (χ2v) is 19.1. The highest BCUT2D eigenvalue weighted by atomic mass is 32.1. The van der Waals surface area contributed by atoms with E-state index in [-0.39, 0.29) is 0 Å². The van der Waals surface area contributed by atoms with Crippen molar-refractivity contribution >= 4 is 103 Å². The second kappa shape index (κ2) is 16.0. The Morgan fingerprint density at radius 2 is 0.739 bits per heavy atom. The van der Waals surface area contributed by atoms with Gasteiger partial charge in [-0.15, -0.1) is 11.3 Å². The Bertz CT molecular complexity index is 4240. The minimum atomic E-state index is 1.11. The molecule has 0 unspecified atom stereocenters. The molecule has 0 aliphatic carbocycles. The van der Waals surface area contributed by atoms with Crippen LogP contribution in [0, 0.1) is 0 Å². The van der Waals surface area contributed by atoms with E-state index in [2.05, 4.69) is 264 Å². The number of nitrogens with zero attached hydrogens (tertiary/aromatic N) is 2. The summed E-state index contributed by atoms with van der Waals surface area (Å²) in [6.07, 6.45) is 0. The predicted octanol–water partition coefficient (Wildman–Crippen LogP) is 19.1. The van der Waals surface area contributed by atoms with Gasteiger partial charge in [-0.1, -0.05) is 176 Å². The fraction of sp³-hybridized carbons (Fsp3) is 0. The molecule has 2 nitrogen and oxygen atoms in total. The maximum atomic E-state index is 2.41. The zero-order valence-electron chi connectivity index (χ0n) is 37.6. The Labute approximate surface area is 403 Å². The van der Waals surface area contributed by atoms with Crippen LogP contribution < -0.4 is 4.90 Å². The molecule has 3 heteroatoms. The van der Waals surface area contributed by atoms with E-state index in [1.807, 2.05) is 11.3 Å². The highest BCUT2D eigenvalue weighted by Crippen LogP contribution is 2.43. The van der Waals surface area contributed by atoms with Gasteiger partial charge in [-0.25, -0.2) is 0 Å². The van der Waals surface area contributed by atoms with E-state index in [0.29, 0.717) is 0 Å². The Morgan fingerprint density at radius 1 is 0.275 bits per heavy atom. The molecular formula is C66H42N2S. The molecule has 0 aliphatic heterocycles. The summed E-state index contributed by atoms with van der Waals surface area (Å²) in [5.41, 5.74) is 14.1. The quantitative estimate of drug-likeness (QED) is 0.145. The van der Waals surface area contributed by atoms with Crippen LogP contribution in [-0.4, -0.2) is 4.57 Å². The van der Waals surface area contributed by atoms with Gasteiger partial charge in [0.1, 0.15) is 0 Å². The number of benzene rings is 12. The summed E-state index contributed by atoms with van der Waals surface area (Å²) in [7, 11) is 0. The van der Waals surface area contributed by atoms with Crippen LogP contribution in [0.25, 0.3) is 113 Å². The summed E-state index contributed by atoms with van der Waals surface area (Å²) < 4.78 is 5.07. The van der Waals surface area contributed by atoms with Crippen LogP contribution >= 0.6 is 11.3 Å². The first kappa shape index (κ1) is 39.4. The van der Waals surface area contributed by atoms with Crippen LogP contribution in [0.2, 0.25) is 0 Å². The molecule has 12 aromatic carbocycles. The van der Waals surface area contributed by atoms with Gasteiger partial charge >= 0.3 is 0 Å². The number of anilines is 3. The van der Waals surface area contributed by atoms with Crippen LogP contribution in [0.3, 0.4) is 0 Å². The Balaban J connectivity index is 0.791. The molecule has 0 radical (unpaired) electrons. The number of hydrogen-bond donors (Lipinski definition) is 0. The molecule has 14 rings (SSSR count). The molecule has 0 atom stereocenters. The number of para-hydroxylation sites is 2. The third-order valence-electron chi connectivity index (χ3n) is 14.2. The average molecular weight is 895 g/mol. The lowest BCUT2D eigenvalue weighted by molar-refractivity contribution is 1.18. The monoisotopic (exact) mass is 894 g/mol. The summed E-state index contributed by atoms with van der Waals surface area (Å²) in [6, 6.07) is 93.5. The van der Waals surface area contributed by atoms with Crippen molar-refractivity contribution < 1.29 is 0 Å². The molecule has 0 aliphatic rings. The maximum Gasteiger partial charge on any atom is 0.0541 e. The van der Waals surface area contributed by atoms with E-state index in [1.165, 1.54) is 108 Å². The van der Waals surface area contributed by atoms with Gasteiger partial charge in [0.05, 0.1) is 11.0 Å².